The number of hydrogen-bond donors (Lipinski definition) is 0. The molecule has 0 bridgehead atoms. The van der Waals surface area contributed by atoms with E-state index in [1.165, 1.54) is 18.2 Å². The first-order valence-corrected chi connectivity index (χ1v) is 9.46. The summed E-state index contributed by atoms with van der Waals surface area (Å²) in [5.41, 5.74) is 1.58. The van der Waals surface area contributed by atoms with Crippen molar-refractivity contribution in [3.05, 3.63) is 68.5 Å². The summed E-state index contributed by atoms with van der Waals surface area (Å²) in [5, 5.41) is 1.16. The lowest BCUT2D eigenvalue weighted by molar-refractivity contribution is 0.287. The van der Waals surface area contributed by atoms with E-state index in [2.05, 4.69) is 6.92 Å². The maximum Gasteiger partial charge on any atom is 0.336 e. The van der Waals surface area contributed by atoms with Gasteiger partial charge in [0.15, 0.2) is 6.73 Å². The normalized spacial score (nSPS) is 13.5. The lowest BCUT2D eigenvalue weighted by atomic mass is 10.0. The van der Waals surface area contributed by atoms with Crippen molar-refractivity contribution < 1.29 is 17.9 Å². The van der Waals surface area contributed by atoms with E-state index in [9.17, 15) is 13.6 Å². The van der Waals surface area contributed by atoms with Gasteiger partial charge in [-0.05, 0) is 36.6 Å². The Morgan fingerprint density at radius 3 is 2.79 bits per heavy atom. The maximum absolute atomic E-state index is 14.2. The van der Waals surface area contributed by atoms with Crippen LogP contribution in [0.2, 0.25) is 5.02 Å². The van der Waals surface area contributed by atoms with Gasteiger partial charge in [0.2, 0.25) is 0 Å². The fraction of sp³-hybridized carbons (Fsp3) is 0.286. The third kappa shape index (κ3) is 3.33. The molecule has 7 heteroatoms. The summed E-state index contributed by atoms with van der Waals surface area (Å²) in [7, 11) is 0. The SMILES string of the molecule is CCCCc1cc(=O)oc2c3c(c(Cl)cc12)OCN(c1ccc(F)cc1F)C3. The quantitative estimate of drug-likeness (QED) is 0.543. The van der Waals surface area contributed by atoms with Crippen LogP contribution in [0.25, 0.3) is 11.0 Å². The predicted molar refractivity (Wildman–Crippen MR) is 104 cm³/mol. The zero-order chi connectivity index (χ0) is 19.8. The van der Waals surface area contributed by atoms with E-state index in [1.807, 2.05) is 0 Å². The second kappa shape index (κ2) is 7.43. The van der Waals surface area contributed by atoms with Crippen molar-refractivity contribution in [2.24, 2.45) is 0 Å². The Morgan fingerprint density at radius 2 is 2.04 bits per heavy atom. The molecule has 4 nitrogen and oxygen atoms in total. The van der Waals surface area contributed by atoms with Crippen LogP contribution in [-0.4, -0.2) is 6.73 Å². The number of nitrogens with zero attached hydrogens (tertiary/aromatic N) is 1. The van der Waals surface area contributed by atoms with Gasteiger partial charge in [-0.2, -0.15) is 0 Å². The molecular weight excluding hydrogens is 388 g/mol. The Bertz CT molecular complexity index is 1110. The maximum atomic E-state index is 14.2. The van der Waals surface area contributed by atoms with Crippen molar-refractivity contribution in [1.29, 1.82) is 0 Å². The minimum absolute atomic E-state index is 0.0422. The average molecular weight is 406 g/mol. The highest BCUT2D eigenvalue weighted by Gasteiger charge is 2.26. The molecule has 0 radical (unpaired) electrons. The zero-order valence-electron chi connectivity index (χ0n) is 15.2. The van der Waals surface area contributed by atoms with Gasteiger partial charge in [0.25, 0.3) is 0 Å². The highest BCUT2D eigenvalue weighted by Crippen LogP contribution is 2.40. The molecule has 146 valence electrons. The third-order valence-electron chi connectivity index (χ3n) is 4.89. The summed E-state index contributed by atoms with van der Waals surface area (Å²) in [6, 6.07) is 6.60. The molecule has 2 aromatic carbocycles. The van der Waals surface area contributed by atoms with Gasteiger partial charge in [-0.1, -0.05) is 24.9 Å². The molecule has 1 aromatic heterocycles. The number of rotatable bonds is 4. The number of fused-ring (bicyclic) bond motifs is 3. The average Bonchev–Trinajstić information content (AvgIpc) is 2.67. The first-order valence-electron chi connectivity index (χ1n) is 9.09. The summed E-state index contributed by atoms with van der Waals surface area (Å²) in [5.74, 6) is -0.924. The van der Waals surface area contributed by atoms with Crippen LogP contribution in [0, 0.1) is 11.6 Å². The summed E-state index contributed by atoms with van der Waals surface area (Å²) < 4.78 is 38.7. The van der Waals surface area contributed by atoms with Crippen LogP contribution in [0.5, 0.6) is 5.75 Å². The summed E-state index contributed by atoms with van der Waals surface area (Å²) >= 11 is 6.43. The Morgan fingerprint density at radius 1 is 1.21 bits per heavy atom. The predicted octanol–water partition coefficient (Wildman–Crippen LogP) is 5.42. The molecule has 0 aliphatic carbocycles. The van der Waals surface area contributed by atoms with E-state index < -0.39 is 17.3 Å². The molecule has 0 amide bonds. The van der Waals surface area contributed by atoms with Gasteiger partial charge in [-0.3, -0.25) is 0 Å². The molecule has 0 fully saturated rings. The van der Waals surface area contributed by atoms with E-state index in [1.54, 1.807) is 11.0 Å². The van der Waals surface area contributed by atoms with Gasteiger partial charge >= 0.3 is 5.63 Å². The number of aryl methyl sites for hydroxylation is 1. The second-order valence-electron chi connectivity index (χ2n) is 6.80. The van der Waals surface area contributed by atoms with Crippen molar-refractivity contribution in [2.45, 2.75) is 32.7 Å². The minimum atomic E-state index is -0.691. The molecule has 0 saturated carbocycles. The molecule has 0 saturated heterocycles. The minimum Gasteiger partial charge on any atom is -0.471 e. The molecule has 1 aliphatic rings. The standard InChI is InChI=1S/C21H18ClF2NO3/c1-2-3-4-12-7-19(26)28-20-14(12)9-16(22)21-15(20)10-25(11-27-21)18-6-5-13(23)8-17(18)24/h5-9H,2-4,10-11H2,1H3. The first-order chi connectivity index (χ1) is 13.5. The molecule has 0 spiro atoms. The van der Waals surface area contributed by atoms with Crippen LogP contribution in [0.3, 0.4) is 0 Å². The van der Waals surface area contributed by atoms with Crippen LogP contribution in [0.1, 0.15) is 30.9 Å². The number of benzene rings is 2. The number of unbranched alkanes of at least 4 members (excludes halogenated alkanes) is 1. The molecular formula is C21H18ClF2NO3. The number of hydrogen-bond acceptors (Lipinski definition) is 4. The number of halogens is 3. The third-order valence-corrected chi connectivity index (χ3v) is 5.17. The van der Waals surface area contributed by atoms with Crippen LogP contribution in [0.15, 0.2) is 39.5 Å². The Hall–Kier alpha value is -2.60. The van der Waals surface area contributed by atoms with Gasteiger partial charge in [0.1, 0.15) is 23.0 Å². The van der Waals surface area contributed by atoms with E-state index >= 15 is 0 Å². The largest absolute Gasteiger partial charge is 0.471 e. The van der Waals surface area contributed by atoms with E-state index in [-0.39, 0.29) is 19.0 Å². The van der Waals surface area contributed by atoms with Crippen molar-refractivity contribution in [1.82, 2.24) is 0 Å². The number of anilines is 1. The summed E-state index contributed by atoms with van der Waals surface area (Å²) in [6.45, 7) is 2.33. The number of ether oxygens (including phenoxy) is 1. The van der Waals surface area contributed by atoms with Gasteiger partial charge in [0, 0.05) is 17.5 Å². The van der Waals surface area contributed by atoms with Gasteiger partial charge < -0.3 is 14.1 Å². The van der Waals surface area contributed by atoms with Gasteiger partial charge in [0.05, 0.1) is 22.8 Å². The van der Waals surface area contributed by atoms with Crippen molar-refractivity contribution in [3.63, 3.8) is 0 Å². The summed E-state index contributed by atoms with van der Waals surface area (Å²) in [4.78, 5) is 13.7. The smallest absolute Gasteiger partial charge is 0.336 e. The zero-order valence-corrected chi connectivity index (χ0v) is 16.0. The highest BCUT2D eigenvalue weighted by atomic mass is 35.5. The lowest BCUT2D eigenvalue weighted by Crippen LogP contribution is -2.33. The Kier molecular flexibility index (Phi) is 4.98. The molecule has 0 atom stereocenters. The van der Waals surface area contributed by atoms with Crippen LogP contribution < -0.4 is 15.3 Å². The first kappa shape index (κ1) is 18.7. The molecule has 2 heterocycles. The van der Waals surface area contributed by atoms with Crippen LogP contribution in [-0.2, 0) is 13.0 Å². The molecule has 1 aliphatic heterocycles. The molecule has 28 heavy (non-hydrogen) atoms. The van der Waals surface area contributed by atoms with E-state index in [0.717, 1.165) is 36.3 Å². The van der Waals surface area contributed by atoms with Crippen molar-refractivity contribution in [3.8, 4) is 5.75 Å². The molecule has 3 aromatic rings. The highest BCUT2D eigenvalue weighted by molar-refractivity contribution is 6.33. The monoisotopic (exact) mass is 405 g/mol. The fourth-order valence-electron chi connectivity index (χ4n) is 3.52. The topological polar surface area (TPSA) is 42.7 Å². The van der Waals surface area contributed by atoms with Gasteiger partial charge in [-0.25, -0.2) is 13.6 Å². The molecule has 4 rings (SSSR count). The second-order valence-corrected chi connectivity index (χ2v) is 7.21. The Balaban J connectivity index is 1.84. The van der Waals surface area contributed by atoms with E-state index in [0.29, 0.717) is 21.9 Å². The Labute approximate surface area is 165 Å². The molecule has 0 unspecified atom stereocenters. The summed E-state index contributed by atoms with van der Waals surface area (Å²) in [6.07, 6.45) is 2.64. The van der Waals surface area contributed by atoms with Crippen LogP contribution >= 0.6 is 11.6 Å². The van der Waals surface area contributed by atoms with Crippen molar-refractivity contribution >= 4 is 28.3 Å². The van der Waals surface area contributed by atoms with E-state index in [4.69, 9.17) is 20.8 Å². The van der Waals surface area contributed by atoms with Crippen molar-refractivity contribution in [2.75, 3.05) is 11.6 Å². The van der Waals surface area contributed by atoms with Gasteiger partial charge in [-0.15, -0.1) is 0 Å². The van der Waals surface area contributed by atoms with Crippen LogP contribution in [0.4, 0.5) is 14.5 Å². The molecule has 0 N–H and O–H groups in total. The lowest BCUT2D eigenvalue weighted by Gasteiger charge is -2.31. The fourth-order valence-corrected chi connectivity index (χ4v) is 3.80.